The molecule has 0 aromatic heterocycles. The average Bonchev–Trinajstić information content (AvgIpc) is 2.14. The van der Waals surface area contributed by atoms with Crippen molar-refractivity contribution in [3.63, 3.8) is 0 Å². The number of alkyl halides is 3. The van der Waals surface area contributed by atoms with E-state index in [-0.39, 0.29) is 12.0 Å². The van der Waals surface area contributed by atoms with Crippen LogP contribution in [0.25, 0.3) is 0 Å². The fourth-order valence-corrected chi connectivity index (χ4v) is 1.20. The van der Waals surface area contributed by atoms with Gasteiger partial charge in [-0.25, -0.2) is 4.39 Å². The maximum atomic E-state index is 12.8. The predicted molar refractivity (Wildman–Crippen MR) is 46.7 cm³/mol. The van der Waals surface area contributed by atoms with Gasteiger partial charge in [-0.05, 0) is 30.2 Å². The first kappa shape index (κ1) is 12.0. The van der Waals surface area contributed by atoms with Crippen LogP contribution in [0.15, 0.2) is 18.2 Å². The van der Waals surface area contributed by atoms with Crippen LogP contribution in [0.4, 0.5) is 17.6 Å². The molecule has 1 N–H and O–H groups in total. The molecule has 0 heterocycles. The van der Waals surface area contributed by atoms with Gasteiger partial charge in [0.2, 0.25) is 0 Å². The molecular weight excluding hydrogens is 212 g/mol. The molecule has 1 rings (SSSR count). The van der Waals surface area contributed by atoms with Crippen LogP contribution in [0, 0.1) is 5.82 Å². The number of halogens is 4. The SMILES string of the molecule is CC[C@H](O)c1cc(F)cc(C(F)(F)F)c1. The first-order chi connectivity index (χ1) is 6.84. The highest BCUT2D eigenvalue weighted by Crippen LogP contribution is 2.32. The Morgan fingerprint density at radius 1 is 1.27 bits per heavy atom. The second kappa shape index (κ2) is 4.18. The minimum absolute atomic E-state index is 0.0511. The fourth-order valence-electron chi connectivity index (χ4n) is 1.20. The van der Waals surface area contributed by atoms with E-state index in [0.717, 1.165) is 12.1 Å². The van der Waals surface area contributed by atoms with E-state index >= 15 is 0 Å². The number of hydrogen-bond donors (Lipinski definition) is 1. The van der Waals surface area contributed by atoms with Gasteiger partial charge < -0.3 is 5.11 Å². The summed E-state index contributed by atoms with van der Waals surface area (Å²) in [7, 11) is 0. The predicted octanol–water partition coefficient (Wildman–Crippen LogP) is 3.29. The van der Waals surface area contributed by atoms with Crippen molar-refractivity contribution >= 4 is 0 Å². The first-order valence-corrected chi connectivity index (χ1v) is 4.40. The molecule has 1 nitrogen and oxygen atoms in total. The second-order valence-electron chi connectivity index (χ2n) is 3.20. The molecule has 0 aliphatic heterocycles. The summed E-state index contributed by atoms with van der Waals surface area (Å²) in [6.45, 7) is 1.60. The van der Waals surface area contributed by atoms with Crippen molar-refractivity contribution in [1.29, 1.82) is 0 Å². The van der Waals surface area contributed by atoms with Crippen LogP contribution in [0.2, 0.25) is 0 Å². The second-order valence-corrected chi connectivity index (χ2v) is 3.20. The van der Waals surface area contributed by atoms with Crippen LogP contribution in [-0.2, 0) is 6.18 Å². The Balaban J connectivity index is 3.17. The van der Waals surface area contributed by atoms with E-state index < -0.39 is 23.7 Å². The Labute approximate surface area is 84.3 Å². The van der Waals surface area contributed by atoms with Gasteiger partial charge >= 0.3 is 6.18 Å². The van der Waals surface area contributed by atoms with E-state index in [1.165, 1.54) is 0 Å². The van der Waals surface area contributed by atoms with Gasteiger partial charge in [0.15, 0.2) is 0 Å². The molecular formula is C10H10F4O. The summed E-state index contributed by atoms with van der Waals surface area (Å²) in [4.78, 5) is 0. The summed E-state index contributed by atoms with van der Waals surface area (Å²) < 4.78 is 49.6. The molecule has 15 heavy (non-hydrogen) atoms. The van der Waals surface area contributed by atoms with Crippen LogP contribution >= 0.6 is 0 Å². The van der Waals surface area contributed by atoms with Crippen molar-refractivity contribution in [3.8, 4) is 0 Å². The molecule has 0 aliphatic carbocycles. The minimum atomic E-state index is -4.59. The summed E-state index contributed by atoms with van der Waals surface area (Å²) in [5, 5.41) is 9.31. The maximum Gasteiger partial charge on any atom is 0.416 e. The number of hydrogen-bond acceptors (Lipinski definition) is 1. The lowest BCUT2D eigenvalue weighted by Gasteiger charge is -2.12. The molecule has 1 aromatic carbocycles. The maximum absolute atomic E-state index is 12.8. The Bertz CT molecular complexity index is 346. The molecule has 0 unspecified atom stereocenters. The fraction of sp³-hybridized carbons (Fsp3) is 0.400. The van der Waals surface area contributed by atoms with E-state index in [9.17, 15) is 22.7 Å². The highest BCUT2D eigenvalue weighted by molar-refractivity contribution is 5.28. The molecule has 5 heteroatoms. The van der Waals surface area contributed by atoms with Crippen molar-refractivity contribution in [2.75, 3.05) is 0 Å². The highest BCUT2D eigenvalue weighted by atomic mass is 19.4. The normalized spacial score (nSPS) is 14.0. The van der Waals surface area contributed by atoms with E-state index in [1.807, 2.05) is 0 Å². The van der Waals surface area contributed by atoms with Gasteiger partial charge in [-0.15, -0.1) is 0 Å². The lowest BCUT2D eigenvalue weighted by molar-refractivity contribution is -0.137. The third kappa shape index (κ3) is 2.92. The van der Waals surface area contributed by atoms with Crippen LogP contribution in [0.5, 0.6) is 0 Å². The van der Waals surface area contributed by atoms with Crippen molar-refractivity contribution in [2.45, 2.75) is 25.6 Å². The van der Waals surface area contributed by atoms with Gasteiger partial charge in [0.05, 0.1) is 11.7 Å². The Kier molecular flexibility index (Phi) is 3.34. The van der Waals surface area contributed by atoms with Crippen LogP contribution in [0.3, 0.4) is 0 Å². The Hall–Kier alpha value is -1.10. The Morgan fingerprint density at radius 3 is 2.33 bits per heavy atom. The molecule has 0 amide bonds. The smallest absolute Gasteiger partial charge is 0.388 e. The molecule has 0 spiro atoms. The minimum Gasteiger partial charge on any atom is -0.388 e. The molecule has 1 aromatic rings. The zero-order chi connectivity index (χ0) is 11.6. The largest absolute Gasteiger partial charge is 0.416 e. The molecule has 0 bridgehead atoms. The molecule has 0 saturated heterocycles. The summed E-state index contributed by atoms with van der Waals surface area (Å²) in [5.41, 5.74) is -1.13. The van der Waals surface area contributed by atoms with E-state index in [0.29, 0.717) is 6.07 Å². The lowest BCUT2D eigenvalue weighted by Crippen LogP contribution is -2.07. The Morgan fingerprint density at radius 2 is 1.87 bits per heavy atom. The quantitative estimate of drug-likeness (QED) is 0.761. The van der Waals surface area contributed by atoms with Crippen molar-refractivity contribution < 1.29 is 22.7 Å². The summed E-state index contributed by atoms with van der Waals surface area (Å²) in [5.74, 6) is -0.993. The standard InChI is InChI=1S/C10H10F4O/c1-2-9(15)6-3-7(10(12,13)14)5-8(11)4-6/h3-5,9,15H,2H2,1H3/t9-/m0/s1. The van der Waals surface area contributed by atoms with Crippen molar-refractivity contribution in [3.05, 3.63) is 35.1 Å². The van der Waals surface area contributed by atoms with Gasteiger partial charge in [0.25, 0.3) is 0 Å². The molecule has 84 valence electrons. The van der Waals surface area contributed by atoms with Crippen LogP contribution < -0.4 is 0 Å². The summed E-state index contributed by atoms with van der Waals surface area (Å²) >= 11 is 0. The summed E-state index contributed by atoms with van der Waals surface area (Å²) in [6, 6.07) is 2.08. The first-order valence-electron chi connectivity index (χ1n) is 4.40. The van der Waals surface area contributed by atoms with Gasteiger partial charge in [-0.3, -0.25) is 0 Å². The monoisotopic (exact) mass is 222 g/mol. The summed E-state index contributed by atoms with van der Waals surface area (Å²) in [6.07, 6.45) is -5.42. The highest BCUT2D eigenvalue weighted by Gasteiger charge is 2.31. The zero-order valence-electron chi connectivity index (χ0n) is 7.98. The number of aliphatic hydroxyl groups excluding tert-OH is 1. The topological polar surface area (TPSA) is 20.2 Å². The van der Waals surface area contributed by atoms with Crippen molar-refractivity contribution in [1.82, 2.24) is 0 Å². The number of aliphatic hydroxyl groups is 1. The average molecular weight is 222 g/mol. The van der Waals surface area contributed by atoms with Gasteiger partial charge in [0.1, 0.15) is 5.82 Å². The zero-order valence-corrected chi connectivity index (χ0v) is 7.98. The third-order valence-corrected chi connectivity index (χ3v) is 2.02. The third-order valence-electron chi connectivity index (χ3n) is 2.02. The molecule has 0 fully saturated rings. The van der Waals surface area contributed by atoms with Gasteiger partial charge in [-0.2, -0.15) is 13.2 Å². The number of benzene rings is 1. The van der Waals surface area contributed by atoms with E-state index in [1.54, 1.807) is 6.92 Å². The molecule has 1 atom stereocenters. The lowest BCUT2D eigenvalue weighted by atomic mass is 10.0. The molecule has 0 aliphatic rings. The van der Waals surface area contributed by atoms with Gasteiger partial charge in [-0.1, -0.05) is 6.92 Å². The molecule has 0 radical (unpaired) electrons. The number of rotatable bonds is 2. The van der Waals surface area contributed by atoms with E-state index in [2.05, 4.69) is 0 Å². The van der Waals surface area contributed by atoms with Gasteiger partial charge in [0, 0.05) is 0 Å². The van der Waals surface area contributed by atoms with Crippen LogP contribution in [0.1, 0.15) is 30.6 Å². The molecule has 0 saturated carbocycles. The van der Waals surface area contributed by atoms with Crippen molar-refractivity contribution in [2.24, 2.45) is 0 Å². The van der Waals surface area contributed by atoms with Crippen LogP contribution in [-0.4, -0.2) is 5.11 Å². The van der Waals surface area contributed by atoms with E-state index in [4.69, 9.17) is 0 Å².